The highest BCUT2D eigenvalue weighted by molar-refractivity contribution is 5.80. The number of nitrogens with zero attached hydrogens (tertiary/aromatic N) is 3. The molecule has 0 saturated carbocycles. The predicted molar refractivity (Wildman–Crippen MR) is 128 cm³/mol. The molecule has 0 amide bonds. The number of aromatic nitrogens is 1. The second-order valence-corrected chi connectivity index (χ2v) is 7.92. The van der Waals surface area contributed by atoms with Crippen LogP contribution in [-0.4, -0.2) is 37.5 Å². The molecule has 0 radical (unpaired) electrons. The van der Waals surface area contributed by atoms with Crippen molar-refractivity contribution in [3.63, 3.8) is 0 Å². The highest BCUT2D eigenvalue weighted by Crippen LogP contribution is 2.22. The topological polar surface area (TPSA) is 49.8 Å². The van der Waals surface area contributed by atoms with E-state index in [0.717, 1.165) is 62.6 Å². The normalized spacial score (nSPS) is 14.2. The van der Waals surface area contributed by atoms with Gasteiger partial charge < -0.3 is 9.64 Å². The van der Waals surface area contributed by atoms with Gasteiger partial charge in [-0.2, -0.15) is 5.10 Å². The van der Waals surface area contributed by atoms with E-state index in [9.17, 15) is 0 Å². The standard InChI is InChI=1S/C26H30N4O/c1-21-7-5-11-23(17-21)20-27-29-26-19-25(30-13-15-31-16-14-30)18-24(28-26)12-6-10-22-8-3-2-4-9-22/h2-5,7-9,11,17-20H,6,10,12-16H2,1H3,(H,28,29)/b27-20+. The molecule has 1 saturated heterocycles. The maximum absolute atomic E-state index is 5.52. The zero-order valence-electron chi connectivity index (χ0n) is 18.1. The van der Waals surface area contributed by atoms with Crippen LogP contribution in [0, 0.1) is 6.92 Å². The van der Waals surface area contributed by atoms with E-state index in [1.807, 2.05) is 18.3 Å². The number of nitrogens with one attached hydrogen (secondary N) is 1. The maximum atomic E-state index is 5.52. The smallest absolute Gasteiger partial charge is 0.148 e. The first-order chi connectivity index (χ1) is 15.3. The lowest BCUT2D eigenvalue weighted by Crippen LogP contribution is -2.36. The number of anilines is 2. The minimum absolute atomic E-state index is 0.764. The van der Waals surface area contributed by atoms with E-state index in [2.05, 4.69) is 76.9 Å². The zero-order valence-corrected chi connectivity index (χ0v) is 18.1. The first kappa shape index (κ1) is 21.1. The second kappa shape index (κ2) is 10.7. The average Bonchev–Trinajstić information content (AvgIpc) is 2.80. The minimum atomic E-state index is 0.764. The maximum Gasteiger partial charge on any atom is 0.148 e. The fraction of sp³-hybridized carbons (Fsp3) is 0.308. The van der Waals surface area contributed by atoms with Crippen molar-refractivity contribution < 1.29 is 4.74 Å². The van der Waals surface area contributed by atoms with Gasteiger partial charge >= 0.3 is 0 Å². The number of rotatable bonds is 8. The van der Waals surface area contributed by atoms with Gasteiger partial charge in [-0.3, -0.25) is 5.43 Å². The summed E-state index contributed by atoms with van der Waals surface area (Å²) in [5, 5.41) is 4.43. The Bertz CT molecular complexity index is 997. The molecule has 1 aromatic heterocycles. The number of hydrazone groups is 1. The van der Waals surface area contributed by atoms with Crippen LogP contribution in [0.5, 0.6) is 0 Å². The number of ether oxygens (including phenoxy) is 1. The van der Waals surface area contributed by atoms with Crippen molar-refractivity contribution in [2.24, 2.45) is 5.10 Å². The van der Waals surface area contributed by atoms with Gasteiger partial charge in [-0.1, -0.05) is 60.2 Å². The highest BCUT2D eigenvalue weighted by Gasteiger charge is 2.13. The Hall–Kier alpha value is -3.18. The Balaban J connectivity index is 1.46. The molecule has 0 aliphatic carbocycles. The summed E-state index contributed by atoms with van der Waals surface area (Å²) in [5.41, 5.74) is 9.07. The Kier molecular flexibility index (Phi) is 7.29. The average molecular weight is 415 g/mol. The van der Waals surface area contributed by atoms with Gasteiger partial charge in [-0.25, -0.2) is 4.98 Å². The summed E-state index contributed by atoms with van der Waals surface area (Å²) in [5.74, 6) is 0.780. The number of hydrogen-bond acceptors (Lipinski definition) is 5. The van der Waals surface area contributed by atoms with Crippen LogP contribution in [0.3, 0.4) is 0 Å². The van der Waals surface area contributed by atoms with Crippen molar-refractivity contribution >= 4 is 17.7 Å². The molecule has 4 rings (SSSR count). The monoisotopic (exact) mass is 414 g/mol. The fourth-order valence-corrected chi connectivity index (χ4v) is 3.80. The van der Waals surface area contributed by atoms with Gasteiger partial charge in [0.15, 0.2) is 0 Å². The quantitative estimate of drug-likeness (QED) is 0.423. The van der Waals surface area contributed by atoms with Crippen molar-refractivity contribution in [3.05, 3.63) is 89.1 Å². The molecular formula is C26H30N4O. The third kappa shape index (κ3) is 6.40. The lowest BCUT2D eigenvalue weighted by atomic mass is 10.1. The number of morpholine rings is 1. The predicted octanol–water partition coefficient (Wildman–Crippen LogP) is 4.85. The summed E-state index contributed by atoms with van der Waals surface area (Å²) < 4.78 is 5.52. The van der Waals surface area contributed by atoms with Crippen LogP contribution in [-0.2, 0) is 17.6 Å². The van der Waals surface area contributed by atoms with Gasteiger partial charge in [0.25, 0.3) is 0 Å². The Morgan fingerprint density at radius 3 is 2.65 bits per heavy atom. The van der Waals surface area contributed by atoms with Crippen molar-refractivity contribution in [1.29, 1.82) is 0 Å². The molecule has 1 fully saturated rings. The van der Waals surface area contributed by atoms with Gasteiger partial charge in [-0.15, -0.1) is 0 Å². The highest BCUT2D eigenvalue weighted by atomic mass is 16.5. The van der Waals surface area contributed by atoms with Crippen LogP contribution in [0.15, 0.2) is 71.8 Å². The van der Waals surface area contributed by atoms with Crippen molar-refractivity contribution in [3.8, 4) is 0 Å². The molecule has 31 heavy (non-hydrogen) atoms. The lowest BCUT2D eigenvalue weighted by molar-refractivity contribution is 0.122. The Morgan fingerprint density at radius 2 is 1.84 bits per heavy atom. The molecule has 2 aromatic carbocycles. The van der Waals surface area contributed by atoms with Crippen molar-refractivity contribution in [2.75, 3.05) is 36.6 Å². The van der Waals surface area contributed by atoms with E-state index < -0.39 is 0 Å². The largest absolute Gasteiger partial charge is 0.378 e. The Morgan fingerprint density at radius 1 is 1.00 bits per heavy atom. The Labute approximate surface area is 184 Å². The molecule has 1 aliphatic heterocycles. The summed E-state index contributed by atoms with van der Waals surface area (Å²) in [7, 11) is 0. The molecule has 0 unspecified atom stereocenters. The minimum Gasteiger partial charge on any atom is -0.378 e. The summed E-state index contributed by atoms with van der Waals surface area (Å²) in [6.07, 6.45) is 4.89. The van der Waals surface area contributed by atoms with Crippen LogP contribution < -0.4 is 10.3 Å². The van der Waals surface area contributed by atoms with Crippen LogP contribution in [0.4, 0.5) is 11.5 Å². The summed E-state index contributed by atoms with van der Waals surface area (Å²) in [6, 6.07) is 23.2. The third-order valence-corrected chi connectivity index (χ3v) is 5.42. The summed E-state index contributed by atoms with van der Waals surface area (Å²) in [4.78, 5) is 7.19. The van der Waals surface area contributed by atoms with E-state index in [-0.39, 0.29) is 0 Å². The van der Waals surface area contributed by atoms with Crippen LogP contribution in [0.1, 0.15) is 28.8 Å². The van der Waals surface area contributed by atoms with Gasteiger partial charge in [0.2, 0.25) is 0 Å². The summed E-state index contributed by atoms with van der Waals surface area (Å²) in [6.45, 7) is 5.42. The molecule has 0 bridgehead atoms. The molecule has 1 N–H and O–H groups in total. The van der Waals surface area contributed by atoms with E-state index in [4.69, 9.17) is 9.72 Å². The van der Waals surface area contributed by atoms with Crippen molar-refractivity contribution in [2.45, 2.75) is 26.2 Å². The fourth-order valence-electron chi connectivity index (χ4n) is 3.80. The first-order valence-corrected chi connectivity index (χ1v) is 11.0. The number of pyridine rings is 1. The SMILES string of the molecule is Cc1cccc(/C=N/Nc2cc(N3CCOCC3)cc(CCCc3ccccc3)n2)c1. The molecule has 5 heteroatoms. The molecule has 3 aromatic rings. The van der Waals surface area contributed by atoms with Gasteiger partial charge in [0.05, 0.1) is 19.4 Å². The second-order valence-electron chi connectivity index (χ2n) is 7.92. The number of aryl methyl sites for hydroxylation is 3. The van der Waals surface area contributed by atoms with Crippen LogP contribution in [0.25, 0.3) is 0 Å². The first-order valence-electron chi connectivity index (χ1n) is 11.0. The zero-order chi connectivity index (χ0) is 21.3. The molecule has 0 atom stereocenters. The van der Waals surface area contributed by atoms with E-state index in [0.29, 0.717) is 0 Å². The van der Waals surface area contributed by atoms with E-state index >= 15 is 0 Å². The number of benzene rings is 2. The molecular weight excluding hydrogens is 384 g/mol. The number of hydrogen-bond donors (Lipinski definition) is 1. The molecule has 5 nitrogen and oxygen atoms in total. The third-order valence-electron chi connectivity index (χ3n) is 5.42. The summed E-state index contributed by atoms with van der Waals surface area (Å²) >= 11 is 0. The van der Waals surface area contributed by atoms with Crippen molar-refractivity contribution in [1.82, 2.24) is 4.98 Å². The lowest BCUT2D eigenvalue weighted by Gasteiger charge is -2.29. The van der Waals surface area contributed by atoms with E-state index in [1.165, 1.54) is 16.8 Å². The van der Waals surface area contributed by atoms with E-state index in [1.54, 1.807) is 0 Å². The van der Waals surface area contributed by atoms with Crippen LogP contribution in [0.2, 0.25) is 0 Å². The van der Waals surface area contributed by atoms with Gasteiger partial charge in [-0.05, 0) is 43.4 Å². The van der Waals surface area contributed by atoms with Gasteiger partial charge in [0, 0.05) is 30.5 Å². The molecule has 2 heterocycles. The molecule has 1 aliphatic rings. The van der Waals surface area contributed by atoms with Gasteiger partial charge in [0.1, 0.15) is 5.82 Å². The molecule has 160 valence electrons. The molecule has 0 spiro atoms. The van der Waals surface area contributed by atoms with Crippen LogP contribution >= 0.6 is 0 Å².